The molecular formula is C23H25N5O2. The first-order valence-corrected chi connectivity index (χ1v) is 9.95. The molecule has 0 saturated carbocycles. The van der Waals surface area contributed by atoms with Crippen molar-refractivity contribution < 1.29 is 9.90 Å². The minimum absolute atomic E-state index is 0.00526. The van der Waals surface area contributed by atoms with Gasteiger partial charge in [0.15, 0.2) is 0 Å². The lowest BCUT2D eigenvalue weighted by molar-refractivity contribution is -0.115. The van der Waals surface area contributed by atoms with Gasteiger partial charge >= 0.3 is 0 Å². The lowest BCUT2D eigenvalue weighted by atomic mass is 10.0. The summed E-state index contributed by atoms with van der Waals surface area (Å²) in [6, 6.07) is 10.4. The second kappa shape index (κ2) is 7.67. The predicted octanol–water partition coefficient (Wildman–Crippen LogP) is 3.06. The standard InChI is InChI=1S/C23H25N5O2/c1-13-10-16(7-8-17(13)22-18-4-3-5-19(18)28(2)27-22)26-21(30)12-15-11-14(23(24)25)6-9-20(15)29/h6-11,29H,3-5,12H2,1-2H3,(H3,24,25)(H,26,30). The van der Waals surface area contributed by atoms with E-state index in [1.165, 1.54) is 23.7 Å². The van der Waals surface area contributed by atoms with E-state index >= 15 is 0 Å². The Balaban J connectivity index is 1.52. The summed E-state index contributed by atoms with van der Waals surface area (Å²) in [4.78, 5) is 12.5. The van der Waals surface area contributed by atoms with Crippen LogP contribution in [0.15, 0.2) is 36.4 Å². The molecule has 1 heterocycles. The second-order valence-corrected chi connectivity index (χ2v) is 7.76. The number of phenols is 1. The molecule has 0 saturated heterocycles. The first kappa shape index (κ1) is 19.7. The van der Waals surface area contributed by atoms with Crippen LogP contribution in [0.4, 0.5) is 5.69 Å². The second-order valence-electron chi connectivity index (χ2n) is 7.76. The number of carbonyl (C=O) groups excluding carboxylic acids is 1. The van der Waals surface area contributed by atoms with Gasteiger partial charge in [-0.2, -0.15) is 5.10 Å². The first-order chi connectivity index (χ1) is 14.3. The van der Waals surface area contributed by atoms with Gasteiger partial charge in [0.1, 0.15) is 11.6 Å². The Bertz CT molecular complexity index is 1160. The molecule has 1 aromatic heterocycles. The van der Waals surface area contributed by atoms with Gasteiger partial charge in [0.2, 0.25) is 5.91 Å². The predicted molar refractivity (Wildman–Crippen MR) is 117 cm³/mol. The zero-order valence-electron chi connectivity index (χ0n) is 17.1. The van der Waals surface area contributed by atoms with E-state index < -0.39 is 0 Å². The van der Waals surface area contributed by atoms with Crippen LogP contribution < -0.4 is 11.1 Å². The summed E-state index contributed by atoms with van der Waals surface area (Å²) in [7, 11) is 1.99. The summed E-state index contributed by atoms with van der Waals surface area (Å²) < 4.78 is 1.98. The molecule has 0 unspecified atom stereocenters. The van der Waals surface area contributed by atoms with E-state index in [0.717, 1.165) is 29.7 Å². The number of nitrogens with two attached hydrogens (primary N) is 1. The molecule has 5 N–H and O–H groups in total. The van der Waals surface area contributed by atoms with E-state index in [-0.39, 0.29) is 23.9 Å². The van der Waals surface area contributed by atoms with Crippen molar-refractivity contribution in [3.05, 3.63) is 64.3 Å². The van der Waals surface area contributed by atoms with Crippen LogP contribution in [-0.4, -0.2) is 26.6 Å². The van der Waals surface area contributed by atoms with Crippen LogP contribution in [0.3, 0.4) is 0 Å². The van der Waals surface area contributed by atoms with Crippen molar-refractivity contribution in [1.29, 1.82) is 5.41 Å². The van der Waals surface area contributed by atoms with Crippen molar-refractivity contribution in [2.75, 3.05) is 5.32 Å². The fourth-order valence-electron chi connectivity index (χ4n) is 4.11. The third-order valence-corrected chi connectivity index (χ3v) is 5.62. The zero-order valence-corrected chi connectivity index (χ0v) is 17.1. The molecule has 7 nitrogen and oxygen atoms in total. The number of benzene rings is 2. The van der Waals surface area contributed by atoms with Crippen LogP contribution in [-0.2, 0) is 31.1 Å². The van der Waals surface area contributed by atoms with Crippen LogP contribution in [0.5, 0.6) is 5.75 Å². The minimum Gasteiger partial charge on any atom is -0.508 e. The summed E-state index contributed by atoms with van der Waals surface area (Å²) in [5.74, 6) is -0.355. The van der Waals surface area contributed by atoms with Crippen molar-refractivity contribution in [1.82, 2.24) is 9.78 Å². The minimum atomic E-state index is -0.253. The highest BCUT2D eigenvalue weighted by atomic mass is 16.3. The molecule has 1 amide bonds. The van der Waals surface area contributed by atoms with Crippen molar-refractivity contribution in [2.24, 2.45) is 12.8 Å². The number of hydrogen-bond acceptors (Lipinski definition) is 4. The number of nitrogens with one attached hydrogen (secondary N) is 2. The van der Waals surface area contributed by atoms with E-state index in [2.05, 4.69) is 5.32 Å². The van der Waals surface area contributed by atoms with E-state index in [9.17, 15) is 9.90 Å². The van der Waals surface area contributed by atoms with Gasteiger partial charge in [-0.15, -0.1) is 0 Å². The number of hydrogen-bond donors (Lipinski definition) is 4. The quantitative estimate of drug-likeness (QED) is 0.387. The van der Waals surface area contributed by atoms with Gasteiger partial charge in [0, 0.05) is 40.7 Å². The van der Waals surface area contributed by atoms with Gasteiger partial charge < -0.3 is 16.2 Å². The summed E-state index contributed by atoms with van der Waals surface area (Å²) in [6.45, 7) is 2.02. The Morgan fingerprint density at radius 2 is 2.07 bits per heavy atom. The molecule has 30 heavy (non-hydrogen) atoms. The Labute approximate surface area is 175 Å². The van der Waals surface area contributed by atoms with Crippen LogP contribution >= 0.6 is 0 Å². The van der Waals surface area contributed by atoms with Crippen molar-refractivity contribution in [3.63, 3.8) is 0 Å². The molecule has 0 bridgehead atoms. The van der Waals surface area contributed by atoms with Crippen LogP contribution in [0.2, 0.25) is 0 Å². The SMILES string of the molecule is Cc1cc(NC(=O)Cc2cc(C(=N)N)ccc2O)ccc1-c1nn(C)c2c1CCC2. The largest absolute Gasteiger partial charge is 0.508 e. The van der Waals surface area contributed by atoms with E-state index in [1.807, 2.05) is 36.9 Å². The molecule has 0 atom stereocenters. The van der Waals surface area contributed by atoms with Crippen LogP contribution in [0, 0.1) is 12.3 Å². The Kier molecular flexibility index (Phi) is 5.03. The lowest BCUT2D eigenvalue weighted by Gasteiger charge is -2.11. The average Bonchev–Trinajstić information content (AvgIpc) is 3.28. The molecule has 3 aromatic rings. The van der Waals surface area contributed by atoms with Crippen LogP contribution in [0.1, 0.15) is 34.4 Å². The Morgan fingerprint density at radius 1 is 1.27 bits per heavy atom. The zero-order chi connectivity index (χ0) is 21.4. The summed E-state index contributed by atoms with van der Waals surface area (Å²) in [6.07, 6.45) is 3.28. The number of amidine groups is 1. The molecule has 0 fully saturated rings. The normalized spacial score (nSPS) is 12.6. The van der Waals surface area contributed by atoms with Crippen molar-refractivity contribution in [3.8, 4) is 17.0 Å². The highest BCUT2D eigenvalue weighted by Gasteiger charge is 2.22. The smallest absolute Gasteiger partial charge is 0.228 e. The maximum Gasteiger partial charge on any atom is 0.228 e. The lowest BCUT2D eigenvalue weighted by Crippen LogP contribution is -2.16. The van der Waals surface area contributed by atoms with Gasteiger partial charge in [-0.3, -0.25) is 14.9 Å². The topological polar surface area (TPSA) is 117 Å². The number of aromatic hydroxyl groups is 1. The van der Waals surface area contributed by atoms with E-state index in [1.54, 1.807) is 12.1 Å². The summed E-state index contributed by atoms with van der Waals surface area (Å²) in [5, 5.41) is 25.1. The van der Waals surface area contributed by atoms with E-state index in [0.29, 0.717) is 16.8 Å². The van der Waals surface area contributed by atoms with Gasteiger partial charge in [-0.1, -0.05) is 6.07 Å². The molecule has 4 rings (SSSR count). The van der Waals surface area contributed by atoms with Crippen molar-refractivity contribution in [2.45, 2.75) is 32.6 Å². The number of rotatable bonds is 5. The fraction of sp³-hybridized carbons (Fsp3) is 0.261. The average molecular weight is 403 g/mol. The van der Waals surface area contributed by atoms with Gasteiger partial charge in [0.05, 0.1) is 12.1 Å². The third-order valence-electron chi connectivity index (χ3n) is 5.62. The van der Waals surface area contributed by atoms with E-state index in [4.69, 9.17) is 16.2 Å². The number of fused-ring (bicyclic) bond motifs is 1. The molecule has 1 aliphatic rings. The molecule has 0 aliphatic heterocycles. The monoisotopic (exact) mass is 403 g/mol. The maximum atomic E-state index is 12.5. The highest BCUT2D eigenvalue weighted by Crippen LogP contribution is 2.34. The summed E-state index contributed by atoms with van der Waals surface area (Å²) >= 11 is 0. The number of anilines is 1. The third kappa shape index (κ3) is 3.66. The molecule has 1 aliphatic carbocycles. The number of amides is 1. The number of carbonyl (C=O) groups is 1. The van der Waals surface area contributed by atoms with Crippen LogP contribution in [0.25, 0.3) is 11.3 Å². The molecule has 2 aromatic carbocycles. The number of aromatic nitrogens is 2. The highest BCUT2D eigenvalue weighted by molar-refractivity contribution is 5.96. The molecule has 154 valence electrons. The van der Waals surface area contributed by atoms with Gasteiger partial charge in [-0.05, 0) is 62.1 Å². The molecular weight excluding hydrogens is 378 g/mol. The Morgan fingerprint density at radius 3 is 2.80 bits per heavy atom. The van der Waals surface area contributed by atoms with Crippen molar-refractivity contribution >= 4 is 17.4 Å². The number of nitrogen functional groups attached to an aromatic ring is 1. The number of nitrogens with zero attached hydrogens (tertiary/aromatic N) is 2. The maximum absolute atomic E-state index is 12.5. The number of phenolic OH excluding ortho intramolecular Hbond substituents is 1. The number of aryl methyl sites for hydroxylation is 2. The first-order valence-electron chi connectivity index (χ1n) is 9.95. The Hall–Kier alpha value is -3.61. The van der Waals surface area contributed by atoms with Gasteiger partial charge in [0.25, 0.3) is 0 Å². The molecule has 0 radical (unpaired) electrons. The summed E-state index contributed by atoms with van der Waals surface area (Å²) in [5.41, 5.74) is 12.9. The molecule has 7 heteroatoms. The molecule has 0 spiro atoms. The fourth-order valence-corrected chi connectivity index (χ4v) is 4.11. The van der Waals surface area contributed by atoms with Gasteiger partial charge in [-0.25, -0.2) is 0 Å².